The van der Waals surface area contributed by atoms with Gasteiger partial charge in [0.2, 0.25) is 5.89 Å². The quantitative estimate of drug-likeness (QED) is 0.637. The van der Waals surface area contributed by atoms with Gasteiger partial charge in [-0.3, -0.25) is 0 Å². The van der Waals surface area contributed by atoms with Gasteiger partial charge >= 0.3 is 5.97 Å². The highest BCUT2D eigenvalue weighted by Gasteiger charge is 2.15. The molecule has 1 N–H and O–H groups in total. The maximum Gasteiger partial charge on any atom is 0.335 e. The zero-order chi connectivity index (χ0) is 18.7. The summed E-state index contributed by atoms with van der Waals surface area (Å²) in [6, 6.07) is 14.9. The van der Waals surface area contributed by atoms with Crippen LogP contribution in [0.3, 0.4) is 0 Å². The molecule has 134 valence electrons. The molecule has 5 nitrogen and oxygen atoms in total. The summed E-state index contributed by atoms with van der Waals surface area (Å²) in [6.07, 6.45) is 0. The first kappa shape index (κ1) is 18.2. The lowest BCUT2D eigenvalue weighted by Crippen LogP contribution is -2.10. The molecule has 0 unspecified atom stereocenters. The lowest BCUT2D eigenvalue weighted by atomic mass is 9.87. The Balaban J connectivity index is 1.68. The second-order valence-corrected chi connectivity index (χ2v) is 7.92. The van der Waals surface area contributed by atoms with Crippen molar-refractivity contribution in [2.75, 3.05) is 0 Å². The standard InChI is InChI=1S/C20H20N2O3S/c1-20(2,3)16-9-7-14(8-10-16)17-21-22-19(25-17)26-12-13-5-4-6-15(11-13)18(23)24/h4-11H,12H2,1-3H3,(H,23,24). The van der Waals surface area contributed by atoms with Crippen LogP contribution in [0, 0.1) is 0 Å². The number of thioether (sulfide) groups is 1. The molecule has 0 amide bonds. The Labute approximate surface area is 156 Å². The fraction of sp³-hybridized carbons (Fsp3) is 0.250. The van der Waals surface area contributed by atoms with Crippen LogP contribution >= 0.6 is 11.8 Å². The van der Waals surface area contributed by atoms with Crippen molar-refractivity contribution >= 4 is 17.7 Å². The Kier molecular flexibility index (Phi) is 5.13. The van der Waals surface area contributed by atoms with E-state index in [-0.39, 0.29) is 11.0 Å². The van der Waals surface area contributed by atoms with Crippen LogP contribution in [-0.2, 0) is 11.2 Å². The van der Waals surface area contributed by atoms with Gasteiger partial charge in [-0.25, -0.2) is 4.79 Å². The van der Waals surface area contributed by atoms with E-state index < -0.39 is 5.97 Å². The van der Waals surface area contributed by atoms with E-state index in [2.05, 4.69) is 43.1 Å². The molecule has 0 aliphatic rings. The molecule has 3 aromatic rings. The van der Waals surface area contributed by atoms with Gasteiger partial charge in [-0.15, -0.1) is 10.2 Å². The first-order valence-electron chi connectivity index (χ1n) is 8.22. The summed E-state index contributed by atoms with van der Waals surface area (Å²) in [5, 5.41) is 17.7. The van der Waals surface area contributed by atoms with Crippen LogP contribution in [0.15, 0.2) is 58.2 Å². The largest absolute Gasteiger partial charge is 0.478 e. The number of carboxylic acids is 1. The van der Waals surface area contributed by atoms with Crippen molar-refractivity contribution in [1.82, 2.24) is 10.2 Å². The van der Waals surface area contributed by atoms with Crippen molar-refractivity contribution in [3.8, 4) is 11.5 Å². The van der Waals surface area contributed by atoms with Crippen molar-refractivity contribution in [2.45, 2.75) is 37.2 Å². The van der Waals surface area contributed by atoms with Gasteiger partial charge in [0.1, 0.15) is 0 Å². The Morgan fingerprint density at radius 2 is 1.85 bits per heavy atom. The molecule has 2 aromatic carbocycles. The fourth-order valence-electron chi connectivity index (χ4n) is 2.44. The molecular formula is C20H20N2O3S. The molecule has 0 radical (unpaired) electrons. The number of nitrogens with zero attached hydrogens (tertiary/aromatic N) is 2. The first-order valence-corrected chi connectivity index (χ1v) is 9.21. The summed E-state index contributed by atoms with van der Waals surface area (Å²) < 4.78 is 5.72. The van der Waals surface area contributed by atoms with Gasteiger partial charge in [-0.2, -0.15) is 0 Å². The topological polar surface area (TPSA) is 76.2 Å². The molecule has 0 fully saturated rings. The van der Waals surface area contributed by atoms with Crippen LogP contribution in [0.4, 0.5) is 0 Å². The van der Waals surface area contributed by atoms with Gasteiger partial charge in [0.05, 0.1) is 5.56 Å². The average molecular weight is 368 g/mol. The molecule has 26 heavy (non-hydrogen) atoms. The highest BCUT2D eigenvalue weighted by Crippen LogP contribution is 2.28. The molecule has 0 saturated carbocycles. The number of rotatable bonds is 5. The lowest BCUT2D eigenvalue weighted by Gasteiger charge is -2.18. The maximum absolute atomic E-state index is 11.0. The fourth-order valence-corrected chi connectivity index (χ4v) is 3.14. The summed E-state index contributed by atoms with van der Waals surface area (Å²) in [5.74, 6) is 0.106. The van der Waals surface area contributed by atoms with Gasteiger partial charge in [0.15, 0.2) is 0 Å². The third kappa shape index (κ3) is 4.32. The van der Waals surface area contributed by atoms with Crippen LogP contribution in [-0.4, -0.2) is 21.3 Å². The molecule has 0 spiro atoms. The highest BCUT2D eigenvalue weighted by atomic mass is 32.2. The molecule has 1 aromatic heterocycles. The number of benzene rings is 2. The predicted octanol–water partition coefficient (Wildman–Crippen LogP) is 5.02. The first-order chi connectivity index (χ1) is 12.3. The second-order valence-electron chi connectivity index (χ2n) is 6.99. The van der Waals surface area contributed by atoms with E-state index in [1.807, 2.05) is 18.2 Å². The third-order valence-corrected chi connectivity index (χ3v) is 4.83. The van der Waals surface area contributed by atoms with E-state index >= 15 is 0 Å². The van der Waals surface area contributed by atoms with Crippen LogP contribution in [0.1, 0.15) is 42.3 Å². The maximum atomic E-state index is 11.0. The van der Waals surface area contributed by atoms with Crippen LogP contribution in [0.25, 0.3) is 11.5 Å². The molecule has 0 aliphatic heterocycles. The molecule has 0 saturated heterocycles. The molecule has 1 heterocycles. The molecule has 0 bridgehead atoms. The lowest BCUT2D eigenvalue weighted by molar-refractivity contribution is 0.0696. The number of aromatic carboxylic acids is 1. The summed E-state index contributed by atoms with van der Waals surface area (Å²) in [5.41, 5.74) is 3.38. The SMILES string of the molecule is CC(C)(C)c1ccc(-c2nnc(SCc3cccc(C(=O)O)c3)o2)cc1. The number of hydrogen-bond donors (Lipinski definition) is 1. The average Bonchev–Trinajstić information content (AvgIpc) is 3.08. The van der Waals surface area contributed by atoms with E-state index in [1.165, 1.54) is 17.3 Å². The van der Waals surface area contributed by atoms with Gasteiger partial charge in [-0.1, -0.05) is 56.8 Å². The molecule has 6 heteroatoms. The number of aromatic nitrogens is 2. The normalized spacial score (nSPS) is 11.5. The highest BCUT2D eigenvalue weighted by molar-refractivity contribution is 7.98. The van der Waals surface area contributed by atoms with Crippen molar-refractivity contribution in [3.05, 3.63) is 65.2 Å². The van der Waals surface area contributed by atoms with E-state index in [4.69, 9.17) is 9.52 Å². The van der Waals surface area contributed by atoms with E-state index in [0.29, 0.717) is 16.9 Å². The summed E-state index contributed by atoms with van der Waals surface area (Å²) in [6.45, 7) is 6.51. The Hall–Kier alpha value is -2.60. The van der Waals surface area contributed by atoms with Gasteiger partial charge in [0, 0.05) is 11.3 Å². The van der Waals surface area contributed by atoms with E-state index in [1.54, 1.807) is 18.2 Å². The Bertz CT molecular complexity index is 911. The molecule has 0 aliphatic carbocycles. The van der Waals surface area contributed by atoms with Crippen molar-refractivity contribution in [3.63, 3.8) is 0 Å². The number of hydrogen-bond acceptors (Lipinski definition) is 5. The Morgan fingerprint density at radius 3 is 2.50 bits per heavy atom. The van der Waals surface area contributed by atoms with E-state index in [9.17, 15) is 4.79 Å². The Morgan fingerprint density at radius 1 is 1.12 bits per heavy atom. The minimum atomic E-state index is -0.935. The summed E-state index contributed by atoms with van der Waals surface area (Å²) in [7, 11) is 0. The smallest absolute Gasteiger partial charge is 0.335 e. The van der Waals surface area contributed by atoms with Crippen LogP contribution in [0.2, 0.25) is 0 Å². The number of carboxylic acid groups (broad SMARTS) is 1. The zero-order valence-electron chi connectivity index (χ0n) is 14.9. The van der Waals surface area contributed by atoms with Crippen molar-refractivity contribution < 1.29 is 14.3 Å². The van der Waals surface area contributed by atoms with Gasteiger partial charge in [-0.05, 0) is 40.8 Å². The van der Waals surface area contributed by atoms with Crippen LogP contribution < -0.4 is 0 Å². The van der Waals surface area contributed by atoms with Crippen molar-refractivity contribution in [1.29, 1.82) is 0 Å². The van der Waals surface area contributed by atoms with Crippen LogP contribution in [0.5, 0.6) is 0 Å². The minimum absolute atomic E-state index is 0.0961. The minimum Gasteiger partial charge on any atom is -0.478 e. The van der Waals surface area contributed by atoms with Gasteiger partial charge < -0.3 is 9.52 Å². The predicted molar refractivity (Wildman–Crippen MR) is 101 cm³/mol. The van der Waals surface area contributed by atoms with Crippen molar-refractivity contribution in [2.24, 2.45) is 0 Å². The monoisotopic (exact) mass is 368 g/mol. The molecular weight excluding hydrogens is 348 g/mol. The summed E-state index contributed by atoms with van der Waals surface area (Å²) >= 11 is 1.38. The zero-order valence-corrected chi connectivity index (χ0v) is 15.7. The molecule has 0 atom stereocenters. The third-order valence-electron chi connectivity index (χ3n) is 3.94. The van der Waals surface area contributed by atoms with Gasteiger partial charge in [0.25, 0.3) is 5.22 Å². The number of carbonyl (C=O) groups is 1. The second kappa shape index (κ2) is 7.33. The summed E-state index contributed by atoms with van der Waals surface area (Å²) in [4.78, 5) is 11.0. The van der Waals surface area contributed by atoms with E-state index in [0.717, 1.165) is 11.1 Å². The molecule has 3 rings (SSSR count).